The second kappa shape index (κ2) is 14.8. The van der Waals surface area contributed by atoms with E-state index in [0.717, 1.165) is 14.7 Å². The summed E-state index contributed by atoms with van der Waals surface area (Å²) in [6, 6.07) is 13.9. The summed E-state index contributed by atoms with van der Waals surface area (Å²) in [5.74, 6) is 1.75. The molecule has 3 aromatic rings. The Labute approximate surface area is 245 Å². The van der Waals surface area contributed by atoms with E-state index in [9.17, 15) is 4.79 Å². The van der Waals surface area contributed by atoms with Crippen LogP contribution in [0.2, 0.25) is 10.0 Å². The van der Waals surface area contributed by atoms with Gasteiger partial charge in [0.2, 0.25) is 0 Å². The molecule has 3 rings (SSSR count). The summed E-state index contributed by atoms with van der Waals surface area (Å²) in [5, 5.41) is 5.20. The molecule has 0 aliphatic heterocycles. The number of rotatable bonds is 13. The molecule has 200 valence electrons. The van der Waals surface area contributed by atoms with E-state index < -0.39 is 5.91 Å². The maximum Gasteiger partial charge on any atom is 0.271 e. The van der Waals surface area contributed by atoms with Crippen LogP contribution in [0.4, 0.5) is 0 Å². The minimum Gasteiger partial charge on any atom is -0.490 e. The molecule has 0 aromatic heterocycles. The van der Waals surface area contributed by atoms with E-state index in [1.807, 2.05) is 26.0 Å². The Hall–Kier alpha value is -2.95. The van der Waals surface area contributed by atoms with Crippen molar-refractivity contribution in [3.63, 3.8) is 0 Å². The Bertz CT molecular complexity index is 1320. The fourth-order valence-corrected chi connectivity index (χ4v) is 4.51. The van der Waals surface area contributed by atoms with Crippen molar-refractivity contribution in [2.45, 2.75) is 20.5 Å². The minimum absolute atomic E-state index is 0.247. The quantitative estimate of drug-likeness (QED) is 0.0895. The average Bonchev–Trinajstić information content (AvgIpc) is 2.88. The Morgan fingerprint density at radius 2 is 1.74 bits per heavy atom. The van der Waals surface area contributed by atoms with E-state index in [4.69, 9.17) is 42.1 Å². The number of carbonyl (C=O) groups is 1. The van der Waals surface area contributed by atoms with Gasteiger partial charge in [0.05, 0.1) is 23.0 Å². The topological polar surface area (TPSA) is 78.4 Å². The van der Waals surface area contributed by atoms with Crippen LogP contribution in [-0.4, -0.2) is 31.9 Å². The number of halogens is 3. The first-order valence-electron chi connectivity index (χ1n) is 11.7. The molecule has 10 heteroatoms. The van der Waals surface area contributed by atoms with Gasteiger partial charge in [-0.2, -0.15) is 5.10 Å². The maximum atomic E-state index is 12.7. The van der Waals surface area contributed by atoms with Crippen LogP contribution in [0.25, 0.3) is 0 Å². The molecule has 3 aromatic carbocycles. The summed E-state index contributed by atoms with van der Waals surface area (Å²) in [7, 11) is 0. The summed E-state index contributed by atoms with van der Waals surface area (Å²) < 4.78 is 23.8. The van der Waals surface area contributed by atoms with Crippen molar-refractivity contribution in [3.05, 3.63) is 91.5 Å². The van der Waals surface area contributed by atoms with Gasteiger partial charge in [-0.05, 0) is 84.5 Å². The van der Waals surface area contributed by atoms with Gasteiger partial charge in [0.15, 0.2) is 23.0 Å². The highest BCUT2D eigenvalue weighted by atomic mass is 127. The number of hydrazone groups is 1. The van der Waals surface area contributed by atoms with Gasteiger partial charge < -0.3 is 18.9 Å². The van der Waals surface area contributed by atoms with Crippen LogP contribution < -0.4 is 24.4 Å². The lowest BCUT2D eigenvalue weighted by atomic mass is 10.2. The van der Waals surface area contributed by atoms with Crippen LogP contribution >= 0.6 is 45.8 Å². The molecular weight excluding hydrogens is 642 g/mol. The van der Waals surface area contributed by atoms with Crippen LogP contribution in [0.3, 0.4) is 0 Å². The second-order valence-corrected chi connectivity index (χ2v) is 9.69. The molecule has 0 fully saturated rings. The number of hydrogen-bond donors (Lipinski definition) is 1. The first kappa shape index (κ1) is 29.6. The fraction of sp³-hybridized carbons (Fsp3) is 0.214. The Balaban J connectivity index is 1.72. The molecule has 0 unspecified atom stereocenters. The van der Waals surface area contributed by atoms with E-state index in [-0.39, 0.29) is 6.61 Å². The molecule has 38 heavy (non-hydrogen) atoms. The summed E-state index contributed by atoms with van der Waals surface area (Å²) in [6.45, 7) is 8.84. The van der Waals surface area contributed by atoms with E-state index in [1.54, 1.807) is 42.5 Å². The summed E-state index contributed by atoms with van der Waals surface area (Å²) >= 11 is 14.4. The lowest BCUT2D eigenvalue weighted by molar-refractivity contribution is 0.0954. The predicted molar refractivity (Wildman–Crippen MR) is 159 cm³/mol. The molecule has 7 nitrogen and oxygen atoms in total. The highest BCUT2D eigenvalue weighted by Crippen LogP contribution is 2.35. The number of carbonyl (C=O) groups excluding carboxylic acids is 1. The van der Waals surface area contributed by atoms with E-state index in [1.165, 1.54) is 6.21 Å². The van der Waals surface area contributed by atoms with Gasteiger partial charge in [0.25, 0.3) is 5.91 Å². The lowest BCUT2D eigenvalue weighted by Gasteiger charge is -2.15. The third-order valence-electron chi connectivity index (χ3n) is 4.96. The van der Waals surface area contributed by atoms with Crippen molar-refractivity contribution in [2.75, 3.05) is 19.8 Å². The molecule has 0 spiro atoms. The molecule has 0 bridgehead atoms. The monoisotopic (exact) mass is 668 g/mol. The maximum absolute atomic E-state index is 12.7. The molecule has 0 radical (unpaired) electrons. The summed E-state index contributed by atoms with van der Waals surface area (Å²) in [5.41, 5.74) is 4.44. The first-order valence-corrected chi connectivity index (χ1v) is 13.6. The molecule has 1 N–H and O–H groups in total. The zero-order valence-corrected chi connectivity index (χ0v) is 24.6. The van der Waals surface area contributed by atoms with Gasteiger partial charge in [0.1, 0.15) is 13.2 Å². The minimum atomic E-state index is -0.392. The zero-order chi connectivity index (χ0) is 27.5. The van der Waals surface area contributed by atoms with Gasteiger partial charge in [-0.25, -0.2) is 5.43 Å². The van der Waals surface area contributed by atoms with Crippen LogP contribution in [0, 0.1) is 3.57 Å². The predicted octanol–water partition coefficient (Wildman–Crippen LogP) is 7.30. The standard InChI is InChI=1S/C28H27Cl2IN2O5/c1-4-11-37-24-10-8-19(14-25(24)35-5-2)28(34)33-32-16-18-12-23(31)27(26(13-18)36-6-3)38-17-20-7-9-21(29)15-22(20)30/h4,7-10,12-16H,1,5-6,11,17H2,2-3H3,(H,33,34)/b32-16+. The van der Waals surface area contributed by atoms with Crippen molar-refractivity contribution in [3.8, 4) is 23.0 Å². The number of amides is 1. The first-order chi connectivity index (χ1) is 18.4. The van der Waals surface area contributed by atoms with Crippen molar-refractivity contribution >= 4 is 57.9 Å². The van der Waals surface area contributed by atoms with Crippen LogP contribution in [0.15, 0.2) is 66.3 Å². The van der Waals surface area contributed by atoms with E-state index >= 15 is 0 Å². The van der Waals surface area contributed by atoms with Crippen LogP contribution in [0.5, 0.6) is 23.0 Å². The fourth-order valence-electron chi connectivity index (χ4n) is 3.27. The number of nitrogens with zero attached hydrogens (tertiary/aromatic N) is 1. The van der Waals surface area contributed by atoms with Gasteiger partial charge in [-0.15, -0.1) is 0 Å². The van der Waals surface area contributed by atoms with Gasteiger partial charge in [0, 0.05) is 21.2 Å². The molecule has 0 atom stereocenters. The second-order valence-electron chi connectivity index (χ2n) is 7.68. The Morgan fingerprint density at radius 3 is 2.45 bits per heavy atom. The summed E-state index contributed by atoms with van der Waals surface area (Å²) in [6.07, 6.45) is 3.17. The molecule has 0 aliphatic rings. The Morgan fingerprint density at radius 1 is 0.974 bits per heavy atom. The third-order valence-corrected chi connectivity index (χ3v) is 6.35. The molecule has 0 aliphatic carbocycles. The van der Waals surface area contributed by atoms with Gasteiger partial charge >= 0.3 is 0 Å². The summed E-state index contributed by atoms with van der Waals surface area (Å²) in [4.78, 5) is 12.7. The molecule has 0 heterocycles. The highest BCUT2D eigenvalue weighted by molar-refractivity contribution is 14.1. The van der Waals surface area contributed by atoms with Crippen molar-refractivity contribution in [1.29, 1.82) is 0 Å². The number of hydrogen-bond acceptors (Lipinski definition) is 6. The van der Waals surface area contributed by atoms with Crippen LogP contribution in [-0.2, 0) is 6.61 Å². The highest BCUT2D eigenvalue weighted by Gasteiger charge is 2.14. The molecule has 0 saturated heterocycles. The number of ether oxygens (including phenoxy) is 4. The van der Waals surface area contributed by atoms with Crippen molar-refractivity contribution in [2.24, 2.45) is 5.10 Å². The van der Waals surface area contributed by atoms with E-state index in [0.29, 0.717) is 58.4 Å². The van der Waals surface area contributed by atoms with Crippen molar-refractivity contribution < 1.29 is 23.7 Å². The number of nitrogens with one attached hydrogen (secondary N) is 1. The smallest absolute Gasteiger partial charge is 0.271 e. The Kier molecular flexibility index (Phi) is 11.6. The molecular formula is C28H27Cl2IN2O5. The molecule has 1 amide bonds. The SMILES string of the molecule is C=CCOc1ccc(C(=O)N/N=C/c2cc(I)c(OCc3ccc(Cl)cc3Cl)c(OCC)c2)cc1OCC. The normalized spacial score (nSPS) is 10.8. The van der Waals surface area contributed by atoms with E-state index in [2.05, 4.69) is 39.7 Å². The van der Waals surface area contributed by atoms with Crippen molar-refractivity contribution in [1.82, 2.24) is 5.43 Å². The zero-order valence-electron chi connectivity index (χ0n) is 20.9. The number of benzene rings is 3. The third kappa shape index (κ3) is 8.28. The molecule has 0 saturated carbocycles. The van der Waals surface area contributed by atoms with Crippen LogP contribution in [0.1, 0.15) is 35.3 Å². The van der Waals surface area contributed by atoms with Gasteiger partial charge in [-0.3, -0.25) is 4.79 Å². The van der Waals surface area contributed by atoms with Gasteiger partial charge in [-0.1, -0.05) is 41.9 Å². The average molecular weight is 669 g/mol. The lowest BCUT2D eigenvalue weighted by Crippen LogP contribution is -2.17. The largest absolute Gasteiger partial charge is 0.490 e.